The molecule has 104 valence electrons. The van der Waals surface area contributed by atoms with E-state index in [1.807, 2.05) is 11.9 Å². The minimum absolute atomic E-state index is 0.0427. The highest BCUT2D eigenvalue weighted by Crippen LogP contribution is 2.25. The number of rotatable bonds is 6. The Balaban J connectivity index is 2.69. The highest BCUT2D eigenvalue weighted by atomic mass is 16.6. The molecule has 0 aliphatic carbocycles. The lowest BCUT2D eigenvalue weighted by Gasteiger charge is -2.17. The molecule has 0 fully saturated rings. The van der Waals surface area contributed by atoms with Crippen LogP contribution in [0.3, 0.4) is 0 Å². The van der Waals surface area contributed by atoms with Gasteiger partial charge in [0.05, 0.1) is 4.92 Å². The first-order chi connectivity index (χ1) is 8.95. The number of nitrogens with two attached hydrogens (primary N) is 1. The molecule has 7 nitrogen and oxygen atoms in total. The predicted molar refractivity (Wildman–Crippen MR) is 72.5 cm³/mol. The number of carbonyl (C=O) groups is 1. The van der Waals surface area contributed by atoms with E-state index in [1.54, 1.807) is 19.2 Å². The summed E-state index contributed by atoms with van der Waals surface area (Å²) in [5.74, 6) is -0.0427. The first-order valence-corrected chi connectivity index (χ1v) is 5.86. The summed E-state index contributed by atoms with van der Waals surface area (Å²) < 4.78 is 0. The molecule has 7 heteroatoms. The number of amides is 1. The summed E-state index contributed by atoms with van der Waals surface area (Å²) in [6.45, 7) is 1.02. The van der Waals surface area contributed by atoms with Crippen molar-refractivity contribution in [1.82, 2.24) is 10.2 Å². The van der Waals surface area contributed by atoms with Gasteiger partial charge < -0.3 is 16.0 Å². The quantitative estimate of drug-likeness (QED) is 0.449. The molecular formula is C12H18N4O3. The standard InChI is InChI=1S/C12H18N4O3/c1-14-11(17)6-7-15(2)8-9-4-3-5-10(12(9)13)16(18)19/h3-5H,6-8,13H2,1-2H3,(H,14,17). The molecule has 0 saturated heterocycles. The van der Waals surface area contributed by atoms with Crippen LogP contribution in [0.5, 0.6) is 0 Å². The second kappa shape index (κ2) is 6.69. The Bertz CT molecular complexity index is 476. The molecule has 19 heavy (non-hydrogen) atoms. The van der Waals surface area contributed by atoms with Gasteiger partial charge in [0.1, 0.15) is 5.69 Å². The summed E-state index contributed by atoms with van der Waals surface area (Å²) in [4.78, 5) is 23.3. The number of benzene rings is 1. The van der Waals surface area contributed by atoms with E-state index >= 15 is 0 Å². The summed E-state index contributed by atoms with van der Waals surface area (Å²) in [7, 11) is 3.42. The van der Waals surface area contributed by atoms with Crippen LogP contribution in [0.2, 0.25) is 0 Å². The number of para-hydroxylation sites is 1. The Morgan fingerprint density at radius 3 is 2.79 bits per heavy atom. The minimum Gasteiger partial charge on any atom is -0.393 e. The zero-order valence-corrected chi connectivity index (χ0v) is 11.0. The third-order valence-corrected chi connectivity index (χ3v) is 2.81. The number of nitro groups is 1. The van der Waals surface area contributed by atoms with Crippen LogP contribution in [0.1, 0.15) is 12.0 Å². The molecule has 0 aliphatic rings. The Hall–Kier alpha value is -2.15. The van der Waals surface area contributed by atoms with Crippen molar-refractivity contribution in [2.75, 3.05) is 26.4 Å². The van der Waals surface area contributed by atoms with Crippen molar-refractivity contribution < 1.29 is 9.72 Å². The number of nitro benzene ring substituents is 1. The third-order valence-electron chi connectivity index (χ3n) is 2.81. The summed E-state index contributed by atoms with van der Waals surface area (Å²) in [6, 6.07) is 4.73. The normalized spacial score (nSPS) is 10.5. The maximum atomic E-state index is 11.1. The smallest absolute Gasteiger partial charge is 0.292 e. The van der Waals surface area contributed by atoms with Gasteiger partial charge in [0.25, 0.3) is 5.69 Å². The van der Waals surface area contributed by atoms with E-state index < -0.39 is 4.92 Å². The van der Waals surface area contributed by atoms with Crippen molar-refractivity contribution in [2.45, 2.75) is 13.0 Å². The fourth-order valence-corrected chi connectivity index (χ4v) is 1.68. The summed E-state index contributed by atoms with van der Waals surface area (Å²) in [6.07, 6.45) is 0.377. The van der Waals surface area contributed by atoms with Crippen LogP contribution >= 0.6 is 0 Å². The highest BCUT2D eigenvalue weighted by Gasteiger charge is 2.15. The van der Waals surface area contributed by atoms with Gasteiger partial charge in [-0.2, -0.15) is 0 Å². The maximum absolute atomic E-state index is 11.1. The van der Waals surface area contributed by atoms with Gasteiger partial charge in [-0.1, -0.05) is 12.1 Å². The topological polar surface area (TPSA) is 102 Å². The summed E-state index contributed by atoms with van der Waals surface area (Å²) in [5.41, 5.74) is 6.55. The van der Waals surface area contributed by atoms with Crippen LogP contribution in [0.15, 0.2) is 18.2 Å². The fraction of sp³-hybridized carbons (Fsp3) is 0.417. The van der Waals surface area contributed by atoms with Crippen LogP contribution in [0.25, 0.3) is 0 Å². The molecule has 1 aromatic rings. The van der Waals surface area contributed by atoms with Crippen LogP contribution in [-0.2, 0) is 11.3 Å². The monoisotopic (exact) mass is 266 g/mol. The molecular weight excluding hydrogens is 248 g/mol. The third kappa shape index (κ3) is 4.22. The first kappa shape index (κ1) is 14.9. The van der Waals surface area contributed by atoms with Crippen LogP contribution < -0.4 is 11.1 Å². The zero-order chi connectivity index (χ0) is 14.4. The van der Waals surface area contributed by atoms with Gasteiger partial charge in [-0.15, -0.1) is 0 Å². The van der Waals surface area contributed by atoms with E-state index in [0.717, 1.165) is 0 Å². The molecule has 1 aromatic carbocycles. The number of anilines is 1. The summed E-state index contributed by atoms with van der Waals surface area (Å²) in [5, 5.41) is 13.3. The lowest BCUT2D eigenvalue weighted by Crippen LogP contribution is -2.26. The second-order valence-corrected chi connectivity index (χ2v) is 4.27. The van der Waals surface area contributed by atoms with Crippen molar-refractivity contribution in [1.29, 1.82) is 0 Å². The van der Waals surface area contributed by atoms with E-state index in [1.165, 1.54) is 6.07 Å². The average molecular weight is 266 g/mol. The van der Waals surface area contributed by atoms with E-state index in [9.17, 15) is 14.9 Å². The molecule has 0 bridgehead atoms. The number of nitrogens with one attached hydrogen (secondary N) is 1. The molecule has 0 heterocycles. The molecule has 1 rings (SSSR count). The number of hydrogen-bond acceptors (Lipinski definition) is 5. The number of hydrogen-bond donors (Lipinski definition) is 2. The largest absolute Gasteiger partial charge is 0.393 e. The molecule has 1 amide bonds. The fourth-order valence-electron chi connectivity index (χ4n) is 1.68. The Morgan fingerprint density at radius 2 is 2.21 bits per heavy atom. The first-order valence-electron chi connectivity index (χ1n) is 5.86. The van der Waals surface area contributed by atoms with Crippen molar-refractivity contribution in [2.24, 2.45) is 0 Å². The molecule has 0 saturated carbocycles. The van der Waals surface area contributed by atoms with E-state index in [2.05, 4.69) is 5.32 Å². The Labute approximate surface area is 111 Å². The molecule has 0 aromatic heterocycles. The average Bonchev–Trinajstić information content (AvgIpc) is 2.38. The van der Waals surface area contributed by atoms with Gasteiger partial charge in [-0.05, 0) is 12.6 Å². The van der Waals surface area contributed by atoms with Gasteiger partial charge in [0.2, 0.25) is 5.91 Å². The molecule has 0 spiro atoms. The maximum Gasteiger partial charge on any atom is 0.292 e. The van der Waals surface area contributed by atoms with Crippen LogP contribution in [0, 0.1) is 10.1 Å². The molecule has 0 atom stereocenters. The number of nitrogen functional groups attached to an aromatic ring is 1. The molecule has 0 aliphatic heterocycles. The van der Waals surface area contributed by atoms with Crippen molar-refractivity contribution in [3.8, 4) is 0 Å². The Morgan fingerprint density at radius 1 is 1.53 bits per heavy atom. The van der Waals surface area contributed by atoms with Gasteiger partial charge in [-0.3, -0.25) is 14.9 Å². The van der Waals surface area contributed by atoms with Gasteiger partial charge in [0, 0.05) is 32.6 Å². The van der Waals surface area contributed by atoms with Crippen molar-refractivity contribution in [3.63, 3.8) is 0 Å². The summed E-state index contributed by atoms with van der Waals surface area (Å²) >= 11 is 0. The second-order valence-electron chi connectivity index (χ2n) is 4.27. The van der Waals surface area contributed by atoms with E-state index in [0.29, 0.717) is 25.1 Å². The van der Waals surface area contributed by atoms with E-state index in [-0.39, 0.29) is 17.3 Å². The van der Waals surface area contributed by atoms with Crippen LogP contribution in [-0.4, -0.2) is 36.4 Å². The number of carbonyl (C=O) groups excluding carboxylic acids is 1. The molecule has 0 radical (unpaired) electrons. The highest BCUT2D eigenvalue weighted by molar-refractivity contribution is 5.75. The lowest BCUT2D eigenvalue weighted by atomic mass is 10.1. The lowest BCUT2D eigenvalue weighted by molar-refractivity contribution is -0.384. The minimum atomic E-state index is -0.497. The van der Waals surface area contributed by atoms with Gasteiger partial charge in [0.15, 0.2) is 0 Å². The van der Waals surface area contributed by atoms with Crippen molar-refractivity contribution in [3.05, 3.63) is 33.9 Å². The van der Waals surface area contributed by atoms with Gasteiger partial charge in [-0.25, -0.2) is 0 Å². The molecule has 0 unspecified atom stereocenters. The predicted octanol–water partition coefficient (Wildman–Crippen LogP) is 0.745. The van der Waals surface area contributed by atoms with E-state index in [4.69, 9.17) is 5.73 Å². The van der Waals surface area contributed by atoms with Crippen LogP contribution in [0.4, 0.5) is 11.4 Å². The molecule has 3 N–H and O–H groups in total. The SMILES string of the molecule is CNC(=O)CCN(C)Cc1cccc([N+](=O)[O-])c1N. The number of nitrogens with zero attached hydrogens (tertiary/aromatic N) is 2. The Kier molecular flexibility index (Phi) is 5.25. The zero-order valence-electron chi connectivity index (χ0n) is 11.0. The van der Waals surface area contributed by atoms with Gasteiger partial charge >= 0.3 is 0 Å². The van der Waals surface area contributed by atoms with Crippen molar-refractivity contribution >= 4 is 17.3 Å².